The van der Waals surface area contributed by atoms with Crippen molar-refractivity contribution in [2.45, 2.75) is 13.5 Å². The first-order valence-corrected chi connectivity index (χ1v) is 17.2. The van der Waals surface area contributed by atoms with Gasteiger partial charge < -0.3 is 14.2 Å². The number of hydrogen-bond acceptors (Lipinski definition) is 8. The van der Waals surface area contributed by atoms with Crippen LogP contribution in [-0.2, 0) is 6.61 Å². The molecule has 50 heavy (non-hydrogen) atoms. The summed E-state index contributed by atoms with van der Waals surface area (Å²) in [5.74, 6) is 2.40. The zero-order valence-corrected chi connectivity index (χ0v) is 29.2. The van der Waals surface area contributed by atoms with Crippen LogP contribution in [-0.4, -0.2) is 38.1 Å². The summed E-state index contributed by atoms with van der Waals surface area (Å²) >= 11 is 13.6. The molecule has 0 aliphatic carbocycles. The van der Waals surface area contributed by atoms with E-state index >= 15 is 0 Å². The molecule has 250 valence electrons. The number of para-hydroxylation sites is 1. The van der Waals surface area contributed by atoms with Gasteiger partial charge in [0.2, 0.25) is 4.96 Å². The molecule has 0 radical (unpaired) electrons. The van der Waals surface area contributed by atoms with Crippen molar-refractivity contribution >= 4 is 57.7 Å². The van der Waals surface area contributed by atoms with Crippen molar-refractivity contribution in [2.24, 2.45) is 0 Å². The fraction of sp³-hybridized carbons (Fsp3) is 0.105. The molecule has 3 heterocycles. The Balaban J connectivity index is 1.17. The van der Waals surface area contributed by atoms with Gasteiger partial charge in [-0.1, -0.05) is 70.9 Å². The van der Waals surface area contributed by atoms with Gasteiger partial charge in [0.05, 0.1) is 23.9 Å². The highest BCUT2D eigenvalue weighted by Gasteiger charge is 2.15. The third-order valence-corrected chi connectivity index (χ3v) is 9.24. The van der Waals surface area contributed by atoms with E-state index in [9.17, 15) is 4.79 Å². The van der Waals surface area contributed by atoms with Crippen molar-refractivity contribution < 1.29 is 14.2 Å². The van der Waals surface area contributed by atoms with E-state index in [-0.39, 0.29) is 5.56 Å². The normalized spacial score (nSPS) is 11.9. The first-order chi connectivity index (χ1) is 24.4. The molecule has 7 rings (SSSR count). The zero-order chi connectivity index (χ0) is 34.6. The smallest absolute Gasteiger partial charge is 0.291 e. The van der Waals surface area contributed by atoms with Crippen LogP contribution in [0.2, 0.25) is 10.0 Å². The molecular formula is C38H29Cl2N5O4S. The Morgan fingerprint density at radius 2 is 1.70 bits per heavy atom. The minimum atomic E-state index is -0.261. The standard InChI is InChI=1S/C38H29Cl2N5O4S/c1-3-48-32-17-9-24(19-33(32)47-2)10-18-35-41-38-45(42-35)37(46)34(50-38)20-27-22-44(29-7-5-4-6-8-29)43-36(27)25-12-15-30(16-13-25)49-23-26-11-14-28(39)21-31(26)40/h4-22H,3,23H2,1-2H3/b18-10+,34-20-. The van der Waals surface area contributed by atoms with Gasteiger partial charge >= 0.3 is 0 Å². The number of aromatic nitrogens is 5. The summed E-state index contributed by atoms with van der Waals surface area (Å²) in [5, 5.41) is 10.5. The van der Waals surface area contributed by atoms with Crippen LogP contribution < -0.4 is 24.3 Å². The van der Waals surface area contributed by atoms with Gasteiger partial charge in [-0.05, 0) is 85.3 Å². The maximum Gasteiger partial charge on any atom is 0.291 e. The molecule has 0 saturated heterocycles. The van der Waals surface area contributed by atoms with Crippen LogP contribution in [0.3, 0.4) is 0 Å². The minimum Gasteiger partial charge on any atom is -0.493 e. The number of benzene rings is 4. The van der Waals surface area contributed by atoms with Gasteiger partial charge in [-0.2, -0.15) is 14.6 Å². The van der Waals surface area contributed by atoms with E-state index in [0.29, 0.717) is 61.5 Å². The summed E-state index contributed by atoms with van der Waals surface area (Å²) in [7, 11) is 1.60. The number of fused-ring (bicyclic) bond motifs is 1. The lowest BCUT2D eigenvalue weighted by Gasteiger charge is -2.09. The molecular weight excluding hydrogens is 693 g/mol. The number of methoxy groups -OCH3 is 1. The Kier molecular flexibility index (Phi) is 9.66. The largest absolute Gasteiger partial charge is 0.493 e. The van der Waals surface area contributed by atoms with Crippen LogP contribution >= 0.6 is 34.5 Å². The average molecular weight is 723 g/mol. The van der Waals surface area contributed by atoms with Gasteiger partial charge in [0.1, 0.15) is 18.1 Å². The number of thiazole rings is 1. The first kappa shape index (κ1) is 33.1. The Morgan fingerprint density at radius 3 is 2.44 bits per heavy atom. The fourth-order valence-electron chi connectivity index (χ4n) is 5.23. The molecule has 0 N–H and O–H groups in total. The highest BCUT2D eigenvalue weighted by Crippen LogP contribution is 2.30. The molecule has 0 aliphatic heterocycles. The fourth-order valence-corrected chi connectivity index (χ4v) is 6.60. The summed E-state index contributed by atoms with van der Waals surface area (Å²) in [6.45, 7) is 2.76. The van der Waals surface area contributed by atoms with Crippen molar-refractivity contribution in [2.75, 3.05) is 13.7 Å². The van der Waals surface area contributed by atoms with E-state index in [1.165, 1.54) is 15.9 Å². The van der Waals surface area contributed by atoms with E-state index in [1.807, 2.05) is 104 Å². The molecule has 0 spiro atoms. The van der Waals surface area contributed by atoms with E-state index in [0.717, 1.165) is 27.9 Å². The van der Waals surface area contributed by atoms with Gasteiger partial charge in [-0.25, -0.2) is 4.68 Å². The molecule has 7 aromatic rings. The monoisotopic (exact) mass is 721 g/mol. The summed E-state index contributed by atoms with van der Waals surface area (Å²) < 4.78 is 20.7. The van der Waals surface area contributed by atoms with Crippen molar-refractivity contribution in [3.63, 3.8) is 0 Å². The molecule has 0 amide bonds. The third kappa shape index (κ3) is 7.13. The molecule has 3 aromatic heterocycles. The van der Waals surface area contributed by atoms with E-state index in [1.54, 1.807) is 30.0 Å². The lowest BCUT2D eigenvalue weighted by molar-refractivity contribution is 0.306. The first-order valence-electron chi connectivity index (χ1n) is 15.6. The Hall–Kier alpha value is -5.42. The second kappa shape index (κ2) is 14.6. The van der Waals surface area contributed by atoms with Crippen LogP contribution in [0.4, 0.5) is 0 Å². The number of ether oxygens (including phenoxy) is 3. The number of rotatable bonds is 11. The van der Waals surface area contributed by atoms with Crippen LogP contribution in [0.1, 0.15) is 29.4 Å². The van der Waals surface area contributed by atoms with Crippen molar-refractivity contribution in [3.8, 4) is 34.2 Å². The molecule has 0 aliphatic rings. The summed E-state index contributed by atoms with van der Waals surface area (Å²) in [4.78, 5) is 18.6. The van der Waals surface area contributed by atoms with E-state index in [4.69, 9.17) is 42.5 Å². The topological polar surface area (TPSA) is 92.8 Å². The van der Waals surface area contributed by atoms with E-state index < -0.39 is 0 Å². The number of nitrogens with zero attached hydrogens (tertiary/aromatic N) is 5. The highest BCUT2D eigenvalue weighted by atomic mass is 35.5. The Bertz CT molecular complexity index is 2440. The van der Waals surface area contributed by atoms with Crippen LogP contribution in [0.25, 0.3) is 40.1 Å². The highest BCUT2D eigenvalue weighted by molar-refractivity contribution is 7.15. The van der Waals surface area contributed by atoms with Crippen LogP contribution in [0, 0.1) is 0 Å². The predicted molar refractivity (Wildman–Crippen MR) is 199 cm³/mol. The van der Waals surface area contributed by atoms with Crippen molar-refractivity contribution in [3.05, 3.63) is 145 Å². The number of hydrogen-bond donors (Lipinski definition) is 0. The van der Waals surface area contributed by atoms with Crippen LogP contribution in [0.15, 0.2) is 102 Å². The Labute approximate surface area is 301 Å². The van der Waals surface area contributed by atoms with Crippen molar-refractivity contribution in [1.82, 2.24) is 24.4 Å². The molecule has 9 nitrogen and oxygen atoms in total. The van der Waals surface area contributed by atoms with Gasteiger partial charge in [0, 0.05) is 32.9 Å². The molecule has 0 unspecified atom stereocenters. The predicted octanol–water partition coefficient (Wildman–Crippen LogP) is 8.01. The van der Waals surface area contributed by atoms with Gasteiger partial charge in [-0.3, -0.25) is 4.79 Å². The maximum absolute atomic E-state index is 13.5. The lowest BCUT2D eigenvalue weighted by Crippen LogP contribution is -2.23. The SMILES string of the molecule is CCOc1ccc(/C=C/c2nc3s/c(=C\c4cn(-c5ccccc5)nc4-c4ccc(OCc5ccc(Cl)cc5Cl)cc4)c(=O)n3n2)cc1OC. The molecule has 12 heteroatoms. The zero-order valence-electron chi connectivity index (χ0n) is 26.9. The van der Waals surface area contributed by atoms with Crippen molar-refractivity contribution in [1.29, 1.82) is 0 Å². The average Bonchev–Trinajstić information content (AvgIpc) is 3.82. The van der Waals surface area contributed by atoms with Gasteiger partial charge in [0.15, 0.2) is 17.3 Å². The second-order valence-electron chi connectivity index (χ2n) is 11.0. The van der Waals surface area contributed by atoms with Gasteiger partial charge in [0.25, 0.3) is 5.56 Å². The van der Waals surface area contributed by atoms with E-state index in [2.05, 4.69) is 10.1 Å². The Morgan fingerprint density at radius 1 is 0.880 bits per heavy atom. The molecule has 0 saturated carbocycles. The quantitative estimate of drug-likeness (QED) is 0.134. The molecule has 4 aromatic carbocycles. The second-order valence-corrected chi connectivity index (χ2v) is 12.9. The molecule has 0 bridgehead atoms. The molecule has 0 fully saturated rings. The van der Waals surface area contributed by atoms with Gasteiger partial charge in [-0.15, -0.1) is 5.10 Å². The summed E-state index contributed by atoms with van der Waals surface area (Å²) in [6.07, 6.45) is 7.37. The summed E-state index contributed by atoms with van der Waals surface area (Å²) in [5.41, 5.74) is 4.67. The molecule has 0 atom stereocenters. The maximum atomic E-state index is 13.5. The minimum absolute atomic E-state index is 0.261. The lowest BCUT2D eigenvalue weighted by atomic mass is 10.1. The number of halogens is 2. The third-order valence-electron chi connectivity index (χ3n) is 7.70. The summed E-state index contributed by atoms with van der Waals surface area (Å²) in [6, 6.07) is 28.4. The van der Waals surface area contributed by atoms with Crippen LogP contribution in [0.5, 0.6) is 17.2 Å².